The zero-order valence-electron chi connectivity index (χ0n) is 14.4. The summed E-state index contributed by atoms with van der Waals surface area (Å²) in [5.41, 5.74) is 2.51. The molecule has 0 fully saturated rings. The van der Waals surface area contributed by atoms with Gasteiger partial charge in [0.15, 0.2) is 0 Å². The maximum Gasteiger partial charge on any atom is 0.123 e. The Bertz CT molecular complexity index is 596. The molecule has 1 heterocycles. The van der Waals surface area contributed by atoms with Crippen molar-refractivity contribution in [3.05, 3.63) is 59.7 Å². The number of hydrogen-bond acceptors (Lipinski definition) is 5. The van der Waals surface area contributed by atoms with E-state index in [9.17, 15) is 0 Å². The summed E-state index contributed by atoms with van der Waals surface area (Å²) in [6, 6.07) is 16.6. The van der Waals surface area contributed by atoms with Gasteiger partial charge in [-0.15, -0.1) is 0 Å². The first-order chi connectivity index (χ1) is 12.4. The summed E-state index contributed by atoms with van der Waals surface area (Å²) in [6.45, 7) is 3.22. The highest BCUT2D eigenvalue weighted by atomic mass is 32.2. The molecule has 0 atom stereocenters. The molecule has 0 bridgehead atoms. The Labute approximate surface area is 158 Å². The van der Waals surface area contributed by atoms with E-state index in [1.165, 1.54) is 11.1 Å². The Balaban J connectivity index is 1.64. The van der Waals surface area contributed by atoms with Crippen molar-refractivity contribution >= 4 is 23.5 Å². The molecule has 0 saturated heterocycles. The molecule has 1 aliphatic heterocycles. The standard InChI is InChI=1S/C20H25NO2S2/c1-3-7-19-17(5-1)15-24-13-9-21-10-14-25-16-18-6-2-4-8-20(18)23-12-11-22-19/h1-8,21H,9-16H2. The zero-order valence-corrected chi connectivity index (χ0v) is 16.0. The predicted molar refractivity (Wildman–Crippen MR) is 109 cm³/mol. The highest BCUT2D eigenvalue weighted by molar-refractivity contribution is 7.98. The Kier molecular flexibility index (Phi) is 7.87. The van der Waals surface area contributed by atoms with Gasteiger partial charge in [-0.2, -0.15) is 23.5 Å². The van der Waals surface area contributed by atoms with Gasteiger partial charge in [-0.3, -0.25) is 0 Å². The van der Waals surface area contributed by atoms with Gasteiger partial charge in [-0.1, -0.05) is 36.4 Å². The number of ether oxygens (including phenoxy) is 2. The zero-order chi connectivity index (χ0) is 17.2. The molecular weight excluding hydrogens is 350 g/mol. The average molecular weight is 376 g/mol. The summed E-state index contributed by atoms with van der Waals surface area (Å²) in [4.78, 5) is 0. The van der Waals surface area contributed by atoms with Crippen LogP contribution in [0.15, 0.2) is 48.5 Å². The maximum atomic E-state index is 5.97. The van der Waals surface area contributed by atoms with E-state index in [0.29, 0.717) is 13.2 Å². The number of fused-ring (bicyclic) bond motifs is 2. The molecule has 134 valence electrons. The SMILES string of the molecule is c1ccc2c(c1)CSCCNCCSCc1ccccc1OCCO2. The summed E-state index contributed by atoms with van der Waals surface area (Å²) in [7, 11) is 0. The number of benzene rings is 2. The topological polar surface area (TPSA) is 30.5 Å². The van der Waals surface area contributed by atoms with Crippen LogP contribution in [0.25, 0.3) is 0 Å². The molecule has 0 amide bonds. The first-order valence-corrected chi connectivity index (χ1v) is 11.0. The second-order valence-electron chi connectivity index (χ2n) is 5.77. The van der Waals surface area contributed by atoms with Gasteiger partial charge in [0.25, 0.3) is 0 Å². The summed E-state index contributed by atoms with van der Waals surface area (Å²) >= 11 is 3.89. The molecule has 3 rings (SSSR count). The van der Waals surface area contributed by atoms with E-state index in [1.807, 2.05) is 47.8 Å². The summed E-state index contributed by atoms with van der Waals surface area (Å²) in [5.74, 6) is 6.14. The summed E-state index contributed by atoms with van der Waals surface area (Å²) in [5, 5.41) is 3.52. The van der Waals surface area contributed by atoms with Crippen LogP contribution in [-0.4, -0.2) is 37.8 Å². The highest BCUT2D eigenvalue weighted by Crippen LogP contribution is 2.25. The van der Waals surface area contributed by atoms with Crippen molar-refractivity contribution in [3.63, 3.8) is 0 Å². The molecule has 0 aromatic heterocycles. The lowest BCUT2D eigenvalue weighted by Crippen LogP contribution is -2.20. The Morgan fingerprint density at radius 3 is 1.68 bits per heavy atom. The fourth-order valence-electron chi connectivity index (χ4n) is 2.61. The molecule has 25 heavy (non-hydrogen) atoms. The normalized spacial score (nSPS) is 17.3. The van der Waals surface area contributed by atoms with Crippen molar-refractivity contribution in [3.8, 4) is 11.5 Å². The van der Waals surface area contributed by atoms with Crippen molar-refractivity contribution in [2.45, 2.75) is 11.5 Å². The smallest absolute Gasteiger partial charge is 0.123 e. The minimum atomic E-state index is 0.560. The van der Waals surface area contributed by atoms with Crippen molar-refractivity contribution in [2.75, 3.05) is 37.8 Å². The number of hydrogen-bond donors (Lipinski definition) is 1. The molecule has 5 heteroatoms. The number of thioether (sulfide) groups is 2. The largest absolute Gasteiger partial charge is 0.490 e. The predicted octanol–water partition coefficient (Wildman–Crippen LogP) is 4.21. The Morgan fingerprint density at radius 2 is 1.16 bits per heavy atom. The van der Waals surface area contributed by atoms with Gasteiger partial charge in [0.2, 0.25) is 0 Å². The third kappa shape index (κ3) is 6.17. The van der Waals surface area contributed by atoms with E-state index in [-0.39, 0.29) is 0 Å². The van der Waals surface area contributed by atoms with Crippen LogP contribution in [-0.2, 0) is 11.5 Å². The fraction of sp³-hybridized carbons (Fsp3) is 0.400. The van der Waals surface area contributed by atoms with Gasteiger partial charge < -0.3 is 14.8 Å². The number of para-hydroxylation sites is 2. The highest BCUT2D eigenvalue weighted by Gasteiger charge is 2.06. The first-order valence-electron chi connectivity index (χ1n) is 8.71. The van der Waals surface area contributed by atoms with Crippen LogP contribution in [0.4, 0.5) is 0 Å². The van der Waals surface area contributed by atoms with Crippen LogP contribution in [0.1, 0.15) is 11.1 Å². The van der Waals surface area contributed by atoms with E-state index in [1.54, 1.807) is 0 Å². The second kappa shape index (κ2) is 10.6. The molecule has 1 aliphatic rings. The molecule has 2 aromatic carbocycles. The first kappa shape index (κ1) is 18.5. The van der Waals surface area contributed by atoms with Gasteiger partial charge in [0.05, 0.1) is 0 Å². The third-order valence-electron chi connectivity index (χ3n) is 3.91. The number of rotatable bonds is 0. The van der Waals surface area contributed by atoms with Crippen LogP contribution >= 0.6 is 23.5 Å². The van der Waals surface area contributed by atoms with Crippen LogP contribution in [0.3, 0.4) is 0 Å². The average Bonchev–Trinajstić information content (AvgIpc) is 2.65. The lowest BCUT2D eigenvalue weighted by molar-refractivity contribution is 0.215. The van der Waals surface area contributed by atoms with Gasteiger partial charge in [-0.25, -0.2) is 0 Å². The van der Waals surface area contributed by atoms with E-state index in [4.69, 9.17) is 9.47 Å². The van der Waals surface area contributed by atoms with E-state index in [0.717, 1.165) is 47.6 Å². The summed E-state index contributed by atoms with van der Waals surface area (Å²) < 4.78 is 11.9. The van der Waals surface area contributed by atoms with Crippen LogP contribution in [0.5, 0.6) is 11.5 Å². The monoisotopic (exact) mass is 375 g/mol. The van der Waals surface area contributed by atoms with Gasteiger partial charge >= 0.3 is 0 Å². The fourth-order valence-corrected chi connectivity index (χ4v) is 4.39. The molecule has 2 aromatic rings. The lowest BCUT2D eigenvalue weighted by Gasteiger charge is -2.13. The minimum Gasteiger partial charge on any atom is -0.490 e. The molecule has 0 unspecified atom stereocenters. The minimum absolute atomic E-state index is 0.560. The molecule has 0 saturated carbocycles. The Hall–Kier alpha value is -1.30. The van der Waals surface area contributed by atoms with Gasteiger partial charge in [0, 0.05) is 47.2 Å². The third-order valence-corrected chi connectivity index (χ3v) is 5.92. The molecule has 0 radical (unpaired) electrons. The van der Waals surface area contributed by atoms with Crippen LogP contribution < -0.4 is 14.8 Å². The molecule has 3 nitrogen and oxygen atoms in total. The Morgan fingerprint density at radius 1 is 0.680 bits per heavy atom. The van der Waals surface area contributed by atoms with Crippen LogP contribution in [0, 0.1) is 0 Å². The van der Waals surface area contributed by atoms with Crippen molar-refractivity contribution in [2.24, 2.45) is 0 Å². The molecular formula is C20H25NO2S2. The van der Waals surface area contributed by atoms with Gasteiger partial charge in [-0.05, 0) is 12.1 Å². The van der Waals surface area contributed by atoms with E-state index in [2.05, 4.69) is 29.6 Å². The summed E-state index contributed by atoms with van der Waals surface area (Å²) in [6.07, 6.45) is 0. The maximum absolute atomic E-state index is 5.97. The lowest BCUT2D eigenvalue weighted by atomic mass is 10.2. The van der Waals surface area contributed by atoms with E-state index < -0.39 is 0 Å². The van der Waals surface area contributed by atoms with Crippen LogP contribution in [0.2, 0.25) is 0 Å². The van der Waals surface area contributed by atoms with Gasteiger partial charge in [0.1, 0.15) is 24.7 Å². The molecule has 0 spiro atoms. The van der Waals surface area contributed by atoms with Crippen molar-refractivity contribution in [1.82, 2.24) is 5.32 Å². The molecule has 1 N–H and O–H groups in total. The number of nitrogens with one attached hydrogen (secondary N) is 1. The second-order valence-corrected chi connectivity index (χ2v) is 7.98. The molecule has 0 aliphatic carbocycles. The van der Waals surface area contributed by atoms with Crippen molar-refractivity contribution in [1.29, 1.82) is 0 Å². The van der Waals surface area contributed by atoms with Crippen molar-refractivity contribution < 1.29 is 9.47 Å². The quantitative estimate of drug-likeness (QED) is 0.745. The van der Waals surface area contributed by atoms with E-state index >= 15 is 0 Å².